The van der Waals surface area contributed by atoms with Crippen molar-refractivity contribution < 1.29 is 9.18 Å². The third kappa shape index (κ3) is 3.21. The van der Waals surface area contributed by atoms with E-state index in [0.717, 1.165) is 11.3 Å². The summed E-state index contributed by atoms with van der Waals surface area (Å²) >= 11 is 3.18. The molecule has 2 heterocycles. The molecule has 1 unspecified atom stereocenters. The van der Waals surface area contributed by atoms with Crippen LogP contribution >= 0.6 is 15.9 Å². The van der Waals surface area contributed by atoms with Crippen LogP contribution in [0, 0.1) is 12.7 Å². The molecule has 130 valence electrons. The van der Waals surface area contributed by atoms with Gasteiger partial charge in [0.05, 0.1) is 33.0 Å². The van der Waals surface area contributed by atoms with Gasteiger partial charge in [-0.2, -0.15) is 5.10 Å². The number of carbonyl (C=O) groups is 1. The van der Waals surface area contributed by atoms with Crippen molar-refractivity contribution in [3.63, 3.8) is 0 Å². The van der Waals surface area contributed by atoms with E-state index in [9.17, 15) is 9.18 Å². The number of hydrogen-bond donors (Lipinski definition) is 2. The van der Waals surface area contributed by atoms with Crippen LogP contribution in [0.25, 0.3) is 10.9 Å². The predicted octanol–water partition coefficient (Wildman–Crippen LogP) is 3.45. The molecule has 0 saturated heterocycles. The van der Waals surface area contributed by atoms with Gasteiger partial charge in [0.15, 0.2) is 0 Å². The molecule has 0 radical (unpaired) electrons. The fourth-order valence-electron chi connectivity index (χ4n) is 2.87. The van der Waals surface area contributed by atoms with Crippen LogP contribution in [0.3, 0.4) is 0 Å². The molecule has 1 aromatic carbocycles. The van der Waals surface area contributed by atoms with Crippen molar-refractivity contribution in [3.05, 3.63) is 51.6 Å². The summed E-state index contributed by atoms with van der Waals surface area (Å²) in [6.07, 6.45) is 3.28. The summed E-state index contributed by atoms with van der Waals surface area (Å²) in [5.41, 5.74) is 8.55. The number of hydrogen-bond acceptors (Lipinski definition) is 4. The zero-order chi connectivity index (χ0) is 18.3. The number of pyridine rings is 1. The van der Waals surface area contributed by atoms with Crippen LogP contribution in [0.4, 0.5) is 10.1 Å². The van der Waals surface area contributed by atoms with E-state index in [2.05, 4.69) is 31.3 Å². The number of aromatic nitrogens is 3. The van der Waals surface area contributed by atoms with Crippen molar-refractivity contribution in [1.29, 1.82) is 0 Å². The Hall–Kier alpha value is -2.48. The molecule has 0 aliphatic carbocycles. The van der Waals surface area contributed by atoms with E-state index in [0.29, 0.717) is 16.6 Å². The van der Waals surface area contributed by atoms with E-state index >= 15 is 0 Å². The molecule has 1 amide bonds. The van der Waals surface area contributed by atoms with Gasteiger partial charge in [-0.05, 0) is 41.4 Å². The first kappa shape index (κ1) is 17.3. The highest BCUT2D eigenvalue weighted by Crippen LogP contribution is 2.32. The molecule has 3 N–H and O–H groups in total. The van der Waals surface area contributed by atoms with Crippen LogP contribution in [0.15, 0.2) is 29.0 Å². The number of anilines is 1. The second-order valence-corrected chi connectivity index (χ2v) is 6.79. The van der Waals surface area contributed by atoms with E-state index in [1.54, 1.807) is 10.7 Å². The molecule has 8 heteroatoms. The molecular formula is C17H17BrFN5O. The summed E-state index contributed by atoms with van der Waals surface area (Å²) < 4.78 is 15.8. The maximum atomic E-state index is 13.8. The number of amides is 1. The van der Waals surface area contributed by atoms with Crippen LogP contribution < -0.4 is 11.1 Å². The number of primary amides is 1. The monoisotopic (exact) mass is 405 g/mol. The highest BCUT2D eigenvalue weighted by molar-refractivity contribution is 9.10. The molecule has 6 nitrogen and oxygen atoms in total. The minimum atomic E-state index is -0.609. The Bertz CT molecular complexity index is 985. The molecule has 3 aromatic rings. The van der Waals surface area contributed by atoms with Crippen molar-refractivity contribution in [2.75, 3.05) is 5.32 Å². The van der Waals surface area contributed by atoms with Crippen molar-refractivity contribution >= 4 is 38.4 Å². The van der Waals surface area contributed by atoms with E-state index < -0.39 is 11.7 Å². The number of aryl methyl sites for hydroxylation is 2. The first-order valence-electron chi connectivity index (χ1n) is 7.62. The molecule has 0 aliphatic heterocycles. The van der Waals surface area contributed by atoms with E-state index in [1.165, 1.54) is 12.3 Å². The van der Waals surface area contributed by atoms with Crippen molar-refractivity contribution in [1.82, 2.24) is 14.8 Å². The van der Waals surface area contributed by atoms with Gasteiger partial charge in [0.25, 0.3) is 5.91 Å². The maximum Gasteiger partial charge on any atom is 0.252 e. The smallest absolute Gasteiger partial charge is 0.252 e. The SMILES string of the molecule is Cc1cn(C)nc1C(C)Nc1c(C(N)=O)cnc2cc(F)c(Br)cc12. The number of nitrogens with two attached hydrogens (primary N) is 1. The van der Waals surface area contributed by atoms with Crippen LogP contribution in [0.1, 0.15) is 34.6 Å². The lowest BCUT2D eigenvalue weighted by atomic mass is 10.1. The lowest BCUT2D eigenvalue weighted by Gasteiger charge is -2.18. The molecule has 0 aliphatic rings. The Morgan fingerprint density at radius 2 is 2.16 bits per heavy atom. The largest absolute Gasteiger partial charge is 0.376 e. The van der Waals surface area contributed by atoms with E-state index in [1.807, 2.05) is 27.1 Å². The lowest BCUT2D eigenvalue weighted by Crippen LogP contribution is -2.17. The van der Waals surface area contributed by atoms with Crippen LogP contribution in [0.5, 0.6) is 0 Å². The Balaban J connectivity index is 2.15. The van der Waals surface area contributed by atoms with Gasteiger partial charge in [0.1, 0.15) is 5.82 Å². The Morgan fingerprint density at radius 1 is 1.44 bits per heavy atom. The van der Waals surface area contributed by atoms with E-state index in [-0.39, 0.29) is 16.1 Å². The van der Waals surface area contributed by atoms with Gasteiger partial charge in [-0.3, -0.25) is 14.5 Å². The number of nitrogens with one attached hydrogen (secondary N) is 1. The maximum absolute atomic E-state index is 13.8. The quantitative estimate of drug-likeness (QED) is 0.695. The minimum Gasteiger partial charge on any atom is -0.376 e. The number of carbonyl (C=O) groups excluding carboxylic acids is 1. The van der Waals surface area contributed by atoms with Crippen LogP contribution in [0.2, 0.25) is 0 Å². The van der Waals surface area contributed by atoms with Crippen molar-refractivity contribution in [2.24, 2.45) is 12.8 Å². The summed E-state index contributed by atoms with van der Waals surface area (Å²) in [7, 11) is 1.85. The molecule has 25 heavy (non-hydrogen) atoms. The Labute approximate surface area is 152 Å². The number of fused-ring (bicyclic) bond motifs is 1. The van der Waals surface area contributed by atoms with Gasteiger partial charge in [-0.25, -0.2) is 4.39 Å². The predicted molar refractivity (Wildman–Crippen MR) is 97.9 cm³/mol. The normalized spacial score (nSPS) is 12.4. The zero-order valence-electron chi connectivity index (χ0n) is 14.0. The third-order valence-corrected chi connectivity index (χ3v) is 4.60. The highest BCUT2D eigenvalue weighted by Gasteiger charge is 2.19. The Kier molecular flexibility index (Phi) is 4.47. The molecular weight excluding hydrogens is 389 g/mol. The average molecular weight is 406 g/mol. The fourth-order valence-corrected chi connectivity index (χ4v) is 3.21. The molecule has 0 saturated carbocycles. The lowest BCUT2D eigenvalue weighted by molar-refractivity contribution is 0.100. The van der Waals surface area contributed by atoms with Crippen LogP contribution in [-0.4, -0.2) is 20.7 Å². The topological polar surface area (TPSA) is 85.8 Å². The summed E-state index contributed by atoms with van der Waals surface area (Å²) in [6.45, 7) is 3.90. The second kappa shape index (κ2) is 6.44. The summed E-state index contributed by atoms with van der Waals surface area (Å²) in [4.78, 5) is 16.0. The summed E-state index contributed by atoms with van der Waals surface area (Å²) in [5.74, 6) is -1.03. The molecule has 0 fully saturated rings. The summed E-state index contributed by atoms with van der Waals surface area (Å²) in [6, 6.07) is 2.71. The standard InChI is InChI=1S/C17H17BrFN5O/c1-8-7-24(3)23-15(8)9(2)22-16-10-4-12(18)13(19)5-14(10)21-6-11(16)17(20)25/h4-7,9H,1-3H3,(H2,20,25)(H,21,22). The fraction of sp³-hybridized carbons (Fsp3) is 0.235. The van der Waals surface area contributed by atoms with Crippen molar-refractivity contribution in [3.8, 4) is 0 Å². The molecule has 0 spiro atoms. The molecule has 1 atom stereocenters. The van der Waals surface area contributed by atoms with Gasteiger partial charge in [0.2, 0.25) is 0 Å². The second-order valence-electron chi connectivity index (χ2n) is 5.93. The summed E-state index contributed by atoms with van der Waals surface area (Å²) in [5, 5.41) is 8.34. The number of nitrogens with zero attached hydrogens (tertiary/aromatic N) is 3. The van der Waals surface area contributed by atoms with E-state index in [4.69, 9.17) is 5.73 Å². The highest BCUT2D eigenvalue weighted by atomic mass is 79.9. The molecule has 2 aromatic heterocycles. The van der Waals surface area contributed by atoms with Gasteiger partial charge < -0.3 is 11.1 Å². The molecule has 3 rings (SSSR count). The number of benzene rings is 1. The zero-order valence-corrected chi connectivity index (χ0v) is 15.6. The van der Waals surface area contributed by atoms with Gasteiger partial charge >= 0.3 is 0 Å². The minimum absolute atomic E-state index is 0.186. The number of halogens is 2. The van der Waals surface area contributed by atoms with Gasteiger partial charge in [-0.1, -0.05) is 0 Å². The van der Waals surface area contributed by atoms with Crippen molar-refractivity contribution in [2.45, 2.75) is 19.9 Å². The third-order valence-electron chi connectivity index (χ3n) is 4.00. The first-order chi connectivity index (χ1) is 11.8. The average Bonchev–Trinajstić information content (AvgIpc) is 2.87. The first-order valence-corrected chi connectivity index (χ1v) is 8.41. The van der Waals surface area contributed by atoms with Crippen LogP contribution in [-0.2, 0) is 7.05 Å². The van der Waals surface area contributed by atoms with Gasteiger partial charge in [-0.15, -0.1) is 0 Å². The van der Waals surface area contributed by atoms with Gasteiger partial charge in [0, 0.05) is 30.9 Å². The number of rotatable bonds is 4. The Morgan fingerprint density at radius 3 is 2.76 bits per heavy atom. The molecule has 0 bridgehead atoms.